The van der Waals surface area contributed by atoms with Crippen LogP contribution in [0.1, 0.15) is 0 Å². The van der Waals surface area contributed by atoms with E-state index >= 15 is 0 Å². The van der Waals surface area contributed by atoms with E-state index in [0.717, 1.165) is 4.47 Å². The van der Waals surface area contributed by atoms with Gasteiger partial charge in [0.2, 0.25) is 0 Å². The Labute approximate surface area is 104 Å². The van der Waals surface area contributed by atoms with Crippen LogP contribution in [0.15, 0.2) is 33.6 Å². The fourth-order valence-corrected chi connectivity index (χ4v) is 2.63. The number of sulfone groups is 1. The first-order valence-electron chi connectivity index (χ1n) is 4.86. The van der Waals surface area contributed by atoms with Crippen LogP contribution >= 0.6 is 15.9 Å². The van der Waals surface area contributed by atoms with Gasteiger partial charge in [0, 0.05) is 17.6 Å². The number of hydrogen-bond acceptors (Lipinski definition) is 4. The molecule has 0 aliphatic heterocycles. The zero-order chi connectivity index (χ0) is 12.0. The van der Waals surface area contributed by atoms with Gasteiger partial charge < -0.3 is 10.4 Å². The van der Waals surface area contributed by atoms with E-state index in [4.69, 9.17) is 5.11 Å². The number of nitrogens with one attached hydrogen (secondary N) is 1. The minimum atomic E-state index is -3.22. The third kappa shape index (κ3) is 4.21. The van der Waals surface area contributed by atoms with Gasteiger partial charge in [0.25, 0.3) is 0 Å². The number of aliphatic hydroxyl groups excluding tert-OH is 1. The van der Waals surface area contributed by atoms with Gasteiger partial charge in [-0.25, -0.2) is 8.42 Å². The maximum absolute atomic E-state index is 11.8. The first-order chi connectivity index (χ1) is 7.56. The van der Waals surface area contributed by atoms with Crippen LogP contribution in [-0.2, 0) is 9.84 Å². The highest BCUT2D eigenvalue weighted by Crippen LogP contribution is 2.15. The summed E-state index contributed by atoms with van der Waals surface area (Å²) in [6, 6.07) is 6.55. The van der Waals surface area contributed by atoms with E-state index in [9.17, 15) is 8.42 Å². The molecular weight excluding hydrogens is 294 g/mol. The largest absolute Gasteiger partial charge is 0.395 e. The number of aliphatic hydroxyl groups is 1. The summed E-state index contributed by atoms with van der Waals surface area (Å²) in [5.41, 5.74) is 0. The van der Waals surface area contributed by atoms with Crippen LogP contribution in [0.2, 0.25) is 0 Å². The molecule has 16 heavy (non-hydrogen) atoms. The van der Waals surface area contributed by atoms with Crippen molar-refractivity contribution in [3.05, 3.63) is 28.7 Å². The Bertz CT molecular complexity index is 416. The van der Waals surface area contributed by atoms with E-state index in [-0.39, 0.29) is 12.4 Å². The van der Waals surface area contributed by atoms with Crippen molar-refractivity contribution in [1.82, 2.24) is 5.32 Å². The van der Waals surface area contributed by atoms with Crippen molar-refractivity contribution in [2.75, 3.05) is 25.4 Å². The molecule has 0 amide bonds. The average Bonchev–Trinajstić information content (AvgIpc) is 2.25. The molecule has 6 heteroatoms. The van der Waals surface area contributed by atoms with E-state index in [1.807, 2.05) is 0 Å². The van der Waals surface area contributed by atoms with Crippen LogP contribution in [0, 0.1) is 0 Å². The van der Waals surface area contributed by atoms with Gasteiger partial charge in [-0.15, -0.1) is 0 Å². The fourth-order valence-electron chi connectivity index (χ4n) is 1.17. The Balaban J connectivity index is 2.60. The van der Waals surface area contributed by atoms with Crippen LogP contribution < -0.4 is 5.32 Å². The first kappa shape index (κ1) is 13.6. The minimum absolute atomic E-state index is 0.0122. The molecule has 1 aromatic carbocycles. The second-order valence-electron chi connectivity index (χ2n) is 3.25. The van der Waals surface area contributed by atoms with Crippen LogP contribution in [0.3, 0.4) is 0 Å². The molecular formula is C10H14BrNO3S. The number of rotatable bonds is 6. The highest BCUT2D eigenvalue weighted by molar-refractivity contribution is 9.10. The molecule has 0 bridgehead atoms. The molecule has 0 aliphatic carbocycles. The predicted molar refractivity (Wildman–Crippen MR) is 66.2 cm³/mol. The quantitative estimate of drug-likeness (QED) is 0.763. The van der Waals surface area contributed by atoms with Crippen molar-refractivity contribution in [2.45, 2.75) is 4.90 Å². The lowest BCUT2D eigenvalue weighted by molar-refractivity contribution is 0.293. The topological polar surface area (TPSA) is 66.4 Å². The third-order valence-electron chi connectivity index (χ3n) is 2.01. The second-order valence-corrected chi connectivity index (χ2v) is 6.27. The summed E-state index contributed by atoms with van der Waals surface area (Å²) in [7, 11) is -3.22. The molecule has 0 heterocycles. The molecule has 4 nitrogen and oxygen atoms in total. The van der Waals surface area contributed by atoms with Crippen molar-refractivity contribution in [3.8, 4) is 0 Å². The fraction of sp³-hybridized carbons (Fsp3) is 0.400. The summed E-state index contributed by atoms with van der Waals surface area (Å²) < 4.78 is 24.4. The van der Waals surface area contributed by atoms with Crippen LogP contribution in [0.4, 0.5) is 0 Å². The van der Waals surface area contributed by atoms with E-state index in [0.29, 0.717) is 18.0 Å². The minimum Gasteiger partial charge on any atom is -0.395 e. The molecule has 2 N–H and O–H groups in total. The van der Waals surface area contributed by atoms with Gasteiger partial charge in [-0.1, -0.05) is 15.9 Å². The van der Waals surface area contributed by atoms with E-state index < -0.39 is 9.84 Å². The number of hydrogen-bond donors (Lipinski definition) is 2. The smallest absolute Gasteiger partial charge is 0.179 e. The SMILES string of the molecule is O=S(=O)(CCNCCO)c1ccc(Br)cc1. The maximum Gasteiger partial charge on any atom is 0.179 e. The van der Waals surface area contributed by atoms with Gasteiger partial charge in [0.15, 0.2) is 9.84 Å². The molecule has 0 saturated carbocycles. The Morgan fingerprint density at radius 3 is 2.38 bits per heavy atom. The summed E-state index contributed by atoms with van der Waals surface area (Å²) in [4.78, 5) is 0.321. The summed E-state index contributed by atoms with van der Waals surface area (Å²) in [6.45, 7) is 0.771. The molecule has 90 valence electrons. The van der Waals surface area contributed by atoms with Crippen molar-refractivity contribution in [1.29, 1.82) is 0 Å². The van der Waals surface area contributed by atoms with Crippen molar-refractivity contribution in [2.24, 2.45) is 0 Å². The van der Waals surface area contributed by atoms with Gasteiger partial charge in [0.1, 0.15) is 0 Å². The number of benzene rings is 1. The summed E-state index contributed by atoms with van der Waals surface area (Å²) >= 11 is 3.25. The second kappa shape index (κ2) is 6.34. The lowest BCUT2D eigenvalue weighted by atomic mass is 10.4. The van der Waals surface area contributed by atoms with Crippen molar-refractivity contribution >= 4 is 25.8 Å². The van der Waals surface area contributed by atoms with Crippen LogP contribution in [0.25, 0.3) is 0 Å². The maximum atomic E-state index is 11.8. The van der Waals surface area contributed by atoms with Crippen LogP contribution in [0.5, 0.6) is 0 Å². The first-order valence-corrected chi connectivity index (χ1v) is 7.31. The summed E-state index contributed by atoms with van der Waals surface area (Å²) in [5.74, 6) is 0.0363. The number of halogens is 1. The highest BCUT2D eigenvalue weighted by Gasteiger charge is 2.13. The van der Waals surface area contributed by atoms with E-state index in [2.05, 4.69) is 21.2 Å². The average molecular weight is 308 g/mol. The zero-order valence-corrected chi connectivity index (χ0v) is 11.1. The molecule has 0 fully saturated rings. The molecule has 0 spiro atoms. The molecule has 1 rings (SSSR count). The van der Waals surface area contributed by atoms with Crippen molar-refractivity contribution in [3.63, 3.8) is 0 Å². The zero-order valence-electron chi connectivity index (χ0n) is 8.69. The summed E-state index contributed by atoms with van der Waals surface area (Å²) in [6.07, 6.45) is 0. The molecule has 0 unspecified atom stereocenters. The van der Waals surface area contributed by atoms with Gasteiger partial charge in [-0.05, 0) is 24.3 Å². The van der Waals surface area contributed by atoms with Gasteiger partial charge in [0.05, 0.1) is 17.3 Å². The molecule has 0 atom stereocenters. The van der Waals surface area contributed by atoms with Gasteiger partial charge >= 0.3 is 0 Å². The van der Waals surface area contributed by atoms with Gasteiger partial charge in [-0.2, -0.15) is 0 Å². The lowest BCUT2D eigenvalue weighted by Gasteiger charge is -2.05. The normalized spacial score (nSPS) is 11.6. The van der Waals surface area contributed by atoms with Gasteiger partial charge in [-0.3, -0.25) is 0 Å². The standard InChI is InChI=1S/C10H14BrNO3S/c11-9-1-3-10(4-2-9)16(14,15)8-6-12-5-7-13/h1-4,12-13H,5-8H2. The Morgan fingerprint density at radius 1 is 1.19 bits per heavy atom. The van der Waals surface area contributed by atoms with Crippen molar-refractivity contribution < 1.29 is 13.5 Å². The molecule has 0 saturated heterocycles. The molecule has 0 aliphatic rings. The molecule has 0 aromatic heterocycles. The molecule has 1 aromatic rings. The lowest BCUT2D eigenvalue weighted by Crippen LogP contribution is -2.25. The van der Waals surface area contributed by atoms with E-state index in [1.54, 1.807) is 24.3 Å². The monoisotopic (exact) mass is 307 g/mol. The highest BCUT2D eigenvalue weighted by atomic mass is 79.9. The molecule has 0 radical (unpaired) electrons. The van der Waals surface area contributed by atoms with E-state index in [1.165, 1.54) is 0 Å². The van der Waals surface area contributed by atoms with Crippen LogP contribution in [-0.4, -0.2) is 39.0 Å². The Hall–Kier alpha value is -0.430. The Kier molecular flexibility index (Phi) is 5.40. The summed E-state index contributed by atoms with van der Waals surface area (Å²) in [5, 5.41) is 11.4. The third-order valence-corrected chi connectivity index (χ3v) is 4.27. The predicted octanol–water partition coefficient (Wildman–Crippen LogP) is 0.805. The Morgan fingerprint density at radius 2 is 1.81 bits per heavy atom.